The average Bonchev–Trinajstić information content (AvgIpc) is 3.41. The number of primary amides is 1. The van der Waals surface area contributed by atoms with Crippen LogP contribution in [0.4, 0.5) is 20.3 Å². The summed E-state index contributed by atoms with van der Waals surface area (Å²) in [5.74, 6) is -2.41. The minimum Gasteiger partial charge on any atom is -0.381 e. The third-order valence-corrected chi connectivity index (χ3v) is 7.76. The standard InChI is InChI=1S/C24H27F2N9O2/c25-16-10-29-9-15(19-17(26)12-35-23(30-19)18(22(28)36)21(27)31-35)20(16)33-5-1-13(2-6-33)24(37)34-8-7-32-4-3-14(34)11-32/h9-10,12-14H,1-8,11H2,(H2,27,31)(H2,28,36). The lowest BCUT2D eigenvalue weighted by Crippen LogP contribution is -2.52. The van der Waals surface area contributed by atoms with Crippen LogP contribution in [0.2, 0.25) is 0 Å². The van der Waals surface area contributed by atoms with Crippen molar-refractivity contribution in [3.63, 3.8) is 0 Å². The Morgan fingerprint density at radius 3 is 2.54 bits per heavy atom. The van der Waals surface area contributed by atoms with Crippen LogP contribution >= 0.6 is 0 Å². The van der Waals surface area contributed by atoms with Gasteiger partial charge in [-0.2, -0.15) is 0 Å². The van der Waals surface area contributed by atoms with Gasteiger partial charge in [-0.3, -0.25) is 19.5 Å². The van der Waals surface area contributed by atoms with E-state index in [1.807, 2.05) is 4.90 Å². The van der Waals surface area contributed by atoms with Gasteiger partial charge in [-0.1, -0.05) is 0 Å². The van der Waals surface area contributed by atoms with Gasteiger partial charge in [0.2, 0.25) is 5.91 Å². The molecule has 0 saturated carbocycles. The quantitative estimate of drug-likeness (QED) is 0.527. The van der Waals surface area contributed by atoms with Gasteiger partial charge in [-0.25, -0.2) is 18.3 Å². The maximum atomic E-state index is 15.2. The monoisotopic (exact) mass is 511 g/mol. The first-order valence-electron chi connectivity index (χ1n) is 12.4. The van der Waals surface area contributed by atoms with Crippen molar-refractivity contribution in [3.05, 3.63) is 35.8 Å². The van der Waals surface area contributed by atoms with Crippen LogP contribution in [0, 0.1) is 17.6 Å². The second-order valence-electron chi connectivity index (χ2n) is 9.88. The van der Waals surface area contributed by atoms with Gasteiger partial charge in [0.15, 0.2) is 23.1 Å². The van der Waals surface area contributed by atoms with Crippen LogP contribution in [0.25, 0.3) is 16.9 Å². The lowest BCUT2D eigenvalue weighted by Gasteiger charge is -2.39. The number of aromatic nitrogens is 4. The number of fused-ring (bicyclic) bond motifs is 3. The molecule has 3 aliphatic heterocycles. The van der Waals surface area contributed by atoms with E-state index >= 15 is 8.78 Å². The van der Waals surface area contributed by atoms with Crippen molar-refractivity contribution in [1.82, 2.24) is 29.4 Å². The van der Waals surface area contributed by atoms with Crippen molar-refractivity contribution in [2.45, 2.75) is 25.3 Å². The first-order valence-corrected chi connectivity index (χ1v) is 12.4. The molecule has 6 rings (SSSR count). The van der Waals surface area contributed by atoms with E-state index in [1.54, 1.807) is 4.90 Å². The molecule has 6 heterocycles. The number of hydrogen-bond acceptors (Lipinski definition) is 8. The Hall–Kier alpha value is -3.87. The zero-order valence-electron chi connectivity index (χ0n) is 20.1. The molecular weight excluding hydrogens is 484 g/mol. The molecule has 2 amide bonds. The van der Waals surface area contributed by atoms with Crippen molar-refractivity contribution in [2.24, 2.45) is 11.7 Å². The number of nitrogens with zero attached hydrogens (tertiary/aromatic N) is 7. The summed E-state index contributed by atoms with van der Waals surface area (Å²) in [6.07, 6.45) is 5.56. The number of piperazine rings is 1. The van der Waals surface area contributed by atoms with E-state index in [9.17, 15) is 9.59 Å². The Morgan fingerprint density at radius 1 is 1.00 bits per heavy atom. The minimum absolute atomic E-state index is 0.0343. The predicted molar refractivity (Wildman–Crippen MR) is 131 cm³/mol. The highest BCUT2D eigenvalue weighted by atomic mass is 19.1. The summed E-state index contributed by atoms with van der Waals surface area (Å²) >= 11 is 0. The van der Waals surface area contributed by atoms with Gasteiger partial charge in [-0.05, 0) is 19.3 Å². The van der Waals surface area contributed by atoms with E-state index in [0.29, 0.717) is 25.9 Å². The highest BCUT2D eigenvalue weighted by molar-refractivity contribution is 6.03. The lowest BCUT2D eigenvalue weighted by molar-refractivity contribution is -0.139. The Bertz CT molecular complexity index is 1400. The van der Waals surface area contributed by atoms with E-state index in [4.69, 9.17) is 11.5 Å². The SMILES string of the molecule is NC(=O)c1c(N)nn2cc(F)c(-c3cncc(F)c3N3CCC(C(=O)N4CCN5CCC4C5)CC3)nc12. The van der Waals surface area contributed by atoms with Crippen molar-refractivity contribution in [1.29, 1.82) is 0 Å². The predicted octanol–water partition coefficient (Wildman–Crippen LogP) is 0.883. The van der Waals surface area contributed by atoms with Gasteiger partial charge in [0.25, 0.3) is 5.91 Å². The first kappa shape index (κ1) is 23.5. The van der Waals surface area contributed by atoms with E-state index in [2.05, 4.69) is 20.0 Å². The Morgan fingerprint density at radius 2 is 1.78 bits per heavy atom. The summed E-state index contributed by atoms with van der Waals surface area (Å²) in [4.78, 5) is 39.6. The third-order valence-electron chi connectivity index (χ3n) is 7.76. The van der Waals surface area contributed by atoms with Crippen LogP contribution in [0.3, 0.4) is 0 Å². The molecule has 2 atom stereocenters. The molecule has 13 heteroatoms. The fraction of sp³-hybridized carbons (Fsp3) is 0.458. The molecule has 3 aromatic heterocycles. The summed E-state index contributed by atoms with van der Waals surface area (Å²) in [6, 6.07) is 0.287. The molecule has 3 fully saturated rings. The zero-order valence-corrected chi connectivity index (χ0v) is 20.1. The fourth-order valence-corrected chi connectivity index (χ4v) is 5.89. The number of nitrogen functional groups attached to an aromatic ring is 1. The number of halogens is 2. The molecule has 3 aromatic rings. The molecule has 0 spiro atoms. The first-order chi connectivity index (χ1) is 17.8. The van der Waals surface area contributed by atoms with E-state index < -0.39 is 17.5 Å². The van der Waals surface area contributed by atoms with Crippen LogP contribution in [0.5, 0.6) is 0 Å². The summed E-state index contributed by atoms with van der Waals surface area (Å²) < 4.78 is 31.4. The number of amides is 2. The summed E-state index contributed by atoms with van der Waals surface area (Å²) in [5, 5.41) is 3.89. The Kier molecular flexibility index (Phi) is 5.66. The topological polar surface area (TPSA) is 139 Å². The minimum atomic E-state index is -0.860. The molecule has 0 aromatic carbocycles. The Labute approximate surface area is 211 Å². The third kappa shape index (κ3) is 3.93. The number of piperidine rings is 1. The molecule has 2 unspecified atom stereocenters. The maximum Gasteiger partial charge on any atom is 0.256 e. The number of hydrogen-bond donors (Lipinski definition) is 2. The molecule has 0 radical (unpaired) electrons. The molecule has 37 heavy (non-hydrogen) atoms. The Balaban J connectivity index is 1.28. The number of carbonyl (C=O) groups is 2. The van der Waals surface area contributed by atoms with E-state index in [1.165, 1.54) is 6.20 Å². The normalized spacial score (nSPS) is 22.1. The molecule has 3 aliphatic rings. The average molecular weight is 512 g/mol. The second-order valence-corrected chi connectivity index (χ2v) is 9.88. The van der Waals surface area contributed by atoms with Crippen molar-refractivity contribution in [3.8, 4) is 11.3 Å². The van der Waals surface area contributed by atoms with Gasteiger partial charge < -0.3 is 21.3 Å². The van der Waals surface area contributed by atoms with Crippen LogP contribution in [-0.2, 0) is 4.79 Å². The van der Waals surface area contributed by atoms with Gasteiger partial charge in [0.1, 0.15) is 11.3 Å². The number of anilines is 2. The van der Waals surface area contributed by atoms with Crippen LogP contribution in [-0.4, -0.2) is 86.5 Å². The van der Waals surface area contributed by atoms with E-state index in [0.717, 1.165) is 49.5 Å². The molecule has 0 aliphatic carbocycles. The zero-order chi connectivity index (χ0) is 25.8. The van der Waals surface area contributed by atoms with Crippen molar-refractivity contribution in [2.75, 3.05) is 49.9 Å². The number of pyridine rings is 1. The van der Waals surface area contributed by atoms with E-state index in [-0.39, 0.29) is 51.8 Å². The van der Waals surface area contributed by atoms with Gasteiger partial charge in [0, 0.05) is 63.0 Å². The summed E-state index contributed by atoms with van der Waals surface area (Å²) in [7, 11) is 0. The number of rotatable bonds is 4. The lowest BCUT2D eigenvalue weighted by atomic mass is 9.93. The van der Waals surface area contributed by atoms with Gasteiger partial charge in [-0.15, -0.1) is 5.10 Å². The van der Waals surface area contributed by atoms with Crippen molar-refractivity contribution < 1.29 is 18.4 Å². The molecule has 4 N–H and O–H groups in total. The van der Waals surface area contributed by atoms with Crippen molar-refractivity contribution >= 4 is 29.0 Å². The van der Waals surface area contributed by atoms with Gasteiger partial charge in [0.05, 0.1) is 18.1 Å². The molecular formula is C24H27F2N9O2. The highest BCUT2D eigenvalue weighted by Gasteiger charge is 2.39. The summed E-state index contributed by atoms with van der Waals surface area (Å²) in [6.45, 7) is 4.50. The largest absolute Gasteiger partial charge is 0.381 e. The number of nitrogens with two attached hydrogens (primary N) is 2. The summed E-state index contributed by atoms with van der Waals surface area (Å²) in [5.41, 5.74) is 11.1. The van der Waals surface area contributed by atoms with Gasteiger partial charge >= 0.3 is 0 Å². The van der Waals surface area contributed by atoms with Crippen LogP contribution < -0.4 is 16.4 Å². The molecule has 194 valence electrons. The highest BCUT2D eigenvalue weighted by Crippen LogP contribution is 2.36. The molecule has 2 bridgehead atoms. The van der Waals surface area contributed by atoms with Crippen LogP contribution in [0.1, 0.15) is 29.6 Å². The molecule has 3 saturated heterocycles. The number of carbonyl (C=O) groups excluding carboxylic acids is 2. The van der Waals surface area contributed by atoms with Crippen LogP contribution in [0.15, 0.2) is 18.6 Å². The fourth-order valence-electron chi connectivity index (χ4n) is 5.89. The smallest absolute Gasteiger partial charge is 0.256 e. The maximum absolute atomic E-state index is 15.2. The second kappa shape index (κ2) is 8.91. The molecule has 11 nitrogen and oxygen atoms in total.